The zero-order chi connectivity index (χ0) is 18.7. The fourth-order valence-electron chi connectivity index (χ4n) is 3.52. The van der Waals surface area contributed by atoms with Crippen molar-refractivity contribution in [3.8, 4) is 0 Å². The number of carbonyl (C=O) groups is 1. The van der Waals surface area contributed by atoms with Crippen molar-refractivity contribution in [2.45, 2.75) is 43.9 Å². The summed E-state index contributed by atoms with van der Waals surface area (Å²) in [6.07, 6.45) is -4.38. The Kier molecular flexibility index (Phi) is 5.32. The summed E-state index contributed by atoms with van der Waals surface area (Å²) < 4.78 is 38.5. The lowest BCUT2D eigenvalue weighted by Crippen LogP contribution is -2.23. The summed E-state index contributed by atoms with van der Waals surface area (Å²) in [5.41, 5.74) is 2.01. The quantitative estimate of drug-likeness (QED) is 0.825. The molecule has 0 aliphatic heterocycles. The molecule has 1 aliphatic rings. The number of nitrogens with one attached hydrogen (secondary N) is 1. The minimum absolute atomic E-state index is 0.00794. The van der Waals surface area contributed by atoms with Gasteiger partial charge in [-0.1, -0.05) is 42.5 Å². The van der Waals surface area contributed by atoms with Gasteiger partial charge in [-0.25, -0.2) is 0 Å². The second-order valence-corrected chi connectivity index (χ2v) is 6.57. The van der Waals surface area contributed by atoms with Gasteiger partial charge in [0.15, 0.2) is 6.10 Å². The molecule has 1 aliphatic carbocycles. The van der Waals surface area contributed by atoms with Crippen LogP contribution in [0.1, 0.15) is 48.0 Å². The summed E-state index contributed by atoms with van der Waals surface area (Å²) in [4.78, 5) is 12.4. The molecule has 0 aromatic heterocycles. The standard InChI is InChI=1S/C20H20F3NO2/c21-20(22,23)19(26)16-10-3-4-11-17(16)24-18(25)12-14-8-5-7-13-6-1-2-9-15(13)14/h1-4,6,9-11,14,19,26H,5,7-8,12H2,(H,24,25)/t14-,19+/m1/s1. The van der Waals surface area contributed by atoms with Crippen molar-refractivity contribution < 1.29 is 23.1 Å². The Morgan fingerprint density at radius 2 is 1.85 bits per heavy atom. The fourth-order valence-corrected chi connectivity index (χ4v) is 3.52. The van der Waals surface area contributed by atoms with Crippen LogP contribution in [0.25, 0.3) is 0 Å². The molecular formula is C20H20F3NO2. The third kappa shape index (κ3) is 4.07. The van der Waals surface area contributed by atoms with Gasteiger partial charge in [-0.2, -0.15) is 13.2 Å². The van der Waals surface area contributed by atoms with E-state index in [1.165, 1.54) is 29.8 Å². The van der Waals surface area contributed by atoms with Crippen LogP contribution < -0.4 is 5.32 Å². The number of aliphatic hydroxyl groups excluding tert-OH is 1. The number of aryl methyl sites for hydroxylation is 1. The lowest BCUT2D eigenvalue weighted by molar-refractivity contribution is -0.206. The van der Waals surface area contributed by atoms with E-state index in [4.69, 9.17) is 0 Å². The zero-order valence-corrected chi connectivity index (χ0v) is 14.1. The summed E-state index contributed by atoms with van der Waals surface area (Å²) in [7, 11) is 0. The fraction of sp³-hybridized carbons (Fsp3) is 0.350. The predicted octanol–water partition coefficient (Wildman–Crippen LogP) is 4.73. The van der Waals surface area contributed by atoms with Crippen LogP contribution in [-0.4, -0.2) is 17.2 Å². The summed E-state index contributed by atoms with van der Waals surface area (Å²) in [5.74, 6) is -0.298. The first-order chi connectivity index (χ1) is 12.4. The molecule has 0 bridgehead atoms. The van der Waals surface area contributed by atoms with Crippen LogP contribution in [0.15, 0.2) is 48.5 Å². The lowest BCUT2D eigenvalue weighted by atomic mass is 9.81. The number of alkyl halides is 3. The van der Waals surface area contributed by atoms with Gasteiger partial charge in [-0.3, -0.25) is 4.79 Å². The number of amides is 1. The highest BCUT2D eigenvalue weighted by Crippen LogP contribution is 2.37. The minimum Gasteiger partial charge on any atom is -0.379 e. The second kappa shape index (κ2) is 7.50. The van der Waals surface area contributed by atoms with E-state index in [0.29, 0.717) is 0 Å². The van der Waals surface area contributed by atoms with Crippen LogP contribution in [0.4, 0.5) is 18.9 Å². The van der Waals surface area contributed by atoms with E-state index in [-0.39, 0.29) is 29.5 Å². The molecule has 6 heteroatoms. The number of hydrogen-bond acceptors (Lipinski definition) is 2. The maximum Gasteiger partial charge on any atom is 0.418 e. The van der Waals surface area contributed by atoms with Crippen molar-refractivity contribution >= 4 is 11.6 Å². The van der Waals surface area contributed by atoms with Gasteiger partial charge in [0.05, 0.1) is 0 Å². The summed E-state index contributed by atoms with van der Waals surface area (Å²) in [5, 5.41) is 12.1. The Hall–Kier alpha value is -2.34. The van der Waals surface area contributed by atoms with Gasteiger partial charge in [0.25, 0.3) is 0 Å². The molecule has 0 fully saturated rings. The number of anilines is 1. The van der Waals surface area contributed by atoms with Gasteiger partial charge < -0.3 is 10.4 Å². The van der Waals surface area contributed by atoms with E-state index in [9.17, 15) is 23.1 Å². The van der Waals surface area contributed by atoms with Crippen LogP contribution in [0.2, 0.25) is 0 Å². The van der Waals surface area contributed by atoms with Crippen molar-refractivity contribution in [2.24, 2.45) is 0 Å². The van der Waals surface area contributed by atoms with Crippen molar-refractivity contribution in [1.29, 1.82) is 0 Å². The maximum absolute atomic E-state index is 12.8. The zero-order valence-electron chi connectivity index (χ0n) is 14.1. The Labute approximate surface area is 149 Å². The highest BCUT2D eigenvalue weighted by atomic mass is 19.4. The first-order valence-corrected chi connectivity index (χ1v) is 8.57. The monoisotopic (exact) mass is 363 g/mol. The highest BCUT2D eigenvalue weighted by molar-refractivity contribution is 5.92. The normalized spacial score (nSPS) is 18.1. The molecule has 26 heavy (non-hydrogen) atoms. The Balaban J connectivity index is 1.74. The molecule has 0 unspecified atom stereocenters. The van der Waals surface area contributed by atoms with E-state index in [0.717, 1.165) is 24.8 Å². The molecular weight excluding hydrogens is 343 g/mol. The number of para-hydroxylation sites is 1. The van der Waals surface area contributed by atoms with Crippen LogP contribution >= 0.6 is 0 Å². The van der Waals surface area contributed by atoms with Crippen molar-refractivity contribution in [2.75, 3.05) is 5.32 Å². The molecule has 0 saturated carbocycles. The minimum atomic E-state index is -4.79. The molecule has 0 saturated heterocycles. The third-order valence-electron chi connectivity index (χ3n) is 4.76. The van der Waals surface area contributed by atoms with E-state index < -0.39 is 12.3 Å². The van der Waals surface area contributed by atoms with Gasteiger partial charge in [0.2, 0.25) is 5.91 Å². The predicted molar refractivity (Wildman–Crippen MR) is 92.8 cm³/mol. The van der Waals surface area contributed by atoms with Gasteiger partial charge in [-0.05, 0) is 42.4 Å². The van der Waals surface area contributed by atoms with Gasteiger partial charge in [-0.15, -0.1) is 0 Å². The molecule has 3 rings (SSSR count). The summed E-state index contributed by atoms with van der Waals surface area (Å²) in [6.45, 7) is 0. The number of fused-ring (bicyclic) bond motifs is 1. The van der Waals surface area contributed by atoms with Crippen LogP contribution in [-0.2, 0) is 11.2 Å². The molecule has 2 aromatic carbocycles. The molecule has 2 N–H and O–H groups in total. The number of benzene rings is 2. The van der Waals surface area contributed by atoms with E-state index >= 15 is 0 Å². The second-order valence-electron chi connectivity index (χ2n) is 6.57. The number of carbonyl (C=O) groups excluding carboxylic acids is 1. The van der Waals surface area contributed by atoms with Gasteiger partial charge in [0.1, 0.15) is 0 Å². The highest BCUT2D eigenvalue weighted by Gasteiger charge is 2.40. The molecule has 1 amide bonds. The number of aliphatic hydroxyl groups is 1. The smallest absolute Gasteiger partial charge is 0.379 e. The number of hydrogen-bond donors (Lipinski definition) is 2. The third-order valence-corrected chi connectivity index (χ3v) is 4.76. The topological polar surface area (TPSA) is 49.3 Å². The molecule has 2 atom stereocenters. The molecule has 2 aromatic rings. The number of halogens is 3. The van der Waals surface area contributed by atoms with Gasteiger partial charge >= 0.3 is 6.18 Å². The van der Waals surface area contributed by atoms with E-state index in [1.54, 1.807) is 0 Å². The van der Waals surface area contributed by atoms with Crippen molar-refractivity contribution in [3.05, 3.63) is 65.2 Å². The first-order valence-electron chi connectivity index (χ1n) is 8.57. The maximum atomic E-state index is 12.8. The van der Waals surface area contributed by atoms with Crippen LogP contribution in [0.3, 0.4) is 0 Å². The Morgan fingerprint density at radius 3 is 2.62 bits per heavy atom. The Morgan fingerprint density at radius 1 is 1.15 bits per heavy atom. The molecule has 3 nitrogen and oxygen atoms in total. The molecule has 0 heterocycles. The van der Waals surface area contributed by atoms with E-state index in [2.05, 4.69) is 5.32 Å². The van der Waals surface area contributed by atoms with Crippen LogP contribution in [0, 0.1) is 0 Å². The Bertz CT molecular complexity index is 789. The molecule has 0 radical (unpaired) electrons. The lowest BCUT2D eigenvalue weighted by Gasteiger charge is -2.25. The largest absolute Gasteiger partial charge is 0.418 e. The average molecular weight is 363 g/mol. The number of rotatable bonds is 4. The SMILES string of the molecule is O=C(C[C@H]1CCCc2ccccc21)Nc1ccccc1[C@H](O)C(F)(F)F. The summed E-state index contributed by atoms with van der Waals surface area (Å²) in [6, 6.07) is 13.4. The van der Waals surface area contributed by atoms with Crippen LogP contribution in [0.5, 0.6) is 0 Å². The van der Waals surface area contributed by atoms with Crippen molar-refractivity contribution in [3.63, 3.8) is 0 Å². The summed E-state index contributed by atoms with van der Waals surface area (Å²) >= 11 is 0. The van der Waals surface area contributed by atoms with Crippen molar-refractivity contribution in [1.82, 2.24) is 0 Å². The average Bonchev–Trinajstić information content (AvgIpc) is 2.61. The van der Waals surface area contributed by atoms with E-state index in [1.807, 2.05) is 24.3 Å². The molecule has 0 spiro atoms. The first kappa shape index (κ1) is 18.5. The van der Waals surface area contributed by atoms with Gasteiger partial charge in [0, 0.05) is 17.7 Å². The molecule has 138 valence electrons.